The Morgan fingerprint density at radius 2 is 1.79 bits per heavy atom. The Balaban J connectivity index is 1.68. The molecule has 0 aliphatic carbocycles. The monoisotopic (exact) mass is 604 g/mol. The average molecular weight is 606 g/mol. The summed E-state index contributed by atoms with van der Waals surface area (Å²) in [6, 6.07) is 15.5. The molecule has 0 fully saturated rings. The molecule has 3 aromatic carbocycles. The third kappa shape index (κ3) is 5.34. The Hall–Kier alpha value is -2.69. The van der Waals surface area contributed by atoms with Crippen LogP contribution < -0.4 is 5.32 Å². The zero-order valence-corrected chi connectivity index (χ0v) is 22.1. The van der Waals surface area contributed by atoms with E-state index in [1.165, 1.54) is 23.9 Å². The molecule has 0 bridgehead atoms. The summed E-state index contributed by atoms with van der Waals surface area (Å²) in [4.78, 5) is 12.5. The van der Waals surface area contributed by atoms with E-state index in [0.717, 1.165) is 21.3 Å². The summed E-state index contributed by atoms with van der Waals surface area (Å²) in [7, 11) is 0. The van der Waals surface area contributed by atoms with Crippen LogP contribution in [-0.2, 0) is 4.79 Å². The van der Waals surface area contributed by atoms with Crippen LogP contribution in [-0.4, -0.2) is 31.5 Å². The van der Waals surface area contributed by atoms with Gasteiger partial charge in [0, 0.05) is 8.95 Å². The van der Waals surface area contributed by atoms with Crippen molar-refractivity contribution in [1.82, 2.24) is 14.8 Å². The molecule has 174 valence electrons. The third-order valence-corrected chi connectivity index (χ3v) is 6.88. The Labute approximate surface area is 216 Å². The molecule has 0 spiro atoms. The number of nitrogens with one attached hydrogen (secondary N) is 1. The summed E-state index contributed by atoms with van der Waals surface area (Å²) in [6.07, 6.45) is 0. The van der Waals surface area contributed by atoms with Crippen molar-refractivity contribution in [1.29, 1.82) is 0 Å². The van der Waals surface area contributed by atoms with Crippen LogP contribution in [0.15, 0.2) is 68.7 Å². The number of thioether (sulfide) groups is 1. The lowest BCUT2D eigenvalue weighted by molar-refractivity contribution is -0.113. The SMILES string of the molecule is Cc1ccc(-n2c(SCC(=O)Nc3ccc(Br)cc3F)nnc2-c2cc(Br)ccc2O)c(C)c1. The van der Waals surface area contributed by atoms with Crippen LogP contribution in [0.25, 0.3) is 17.1 Å². The molecule has 4 rings (SSSR count). The molecule has 1 aromatic heterocycles. The number of carbonyl (C=O) groups excluding carboxylic acids is 1. The number of anilines is 1. The van der Waals surface area contributed by atoms with Crippen molar-refractivity contribution in [3.8, 4) is 22.8 Å². The zero-order valence-electron chi connectivity index (χ0n) is 18.1. The van der Waals surface area contributed by atoms with Crippen LogP contribution in [0.4, 0.5) is 10.1 Å². The van der Waals surface area contributed by atoms with Gasteiger partial charge in [-0.25, -0.2) is 4.39 Å². The molecule has 0 saturated carbocycles. The highest BCUT2D eigenvalue weighted by Crippen LogP contribution is 2.35. The molecule has 1 amide bonds. The second kappa shape index (κ2) is 10.3. The summed E-state index contributed by atoms with van der Waals surface area (Å²) in [5.41, 5.74) is 3.51. The first kappa shape index (κ1) is 24.4. The van der Waals surface area contributed by atoms with Crippen molar-refractivity contribution in [3.05, 3.63) is 80.5 Å². The van der Waals surface area contributed by atoms with Crippen molar-refractivity contribution in [2.75, 3.05) is 11.1 Å². The maximum absolute atomic E-state index is 14.1. The van der Waals surface area contributed by atoms with E-state index in [4.69, 9.17) is 0 Å². The van der Waals surface area contributed by atoms with Gasteiger partial charge in [-0.15, -0.1) is 10.2 Å². The van der Waals surface area contributed by atoms with Gasteiger partial charge in [0.25, 0.3) is 0 Å². The number of halogens is 3. The number of hydrogen-bond acceptors (Lipinski definition) is 5. The number of phenols is 1. The summed E-state index contributed by atoms with van der Waals surface area (Å²) in [5.74, 6) is -0.427. The van der Waals surface area contributed by atoms with Crippen LogP contribution >= 0.6 is 43.6 Å². The maximum atomic E-state index is 14.1. The van der Waals surface area contributed by atoms with Gasteiger partial charge in [-0.05, 0) is 61.9 Å². The second-order valence-corrected chi connectivity index (χ2v) is 10.3. The first-order valence-electron chi connectivity index (χ1n) is 10.1. The molecule has 0 atom stereocenters. The fraction of sp³-hybridized carbons (Fsp3) is 0.125. The number of aromatic nitrogens is 3. The highest BCUT2D eigenvalue weighted by Gasteiger charge is 2.21. The van der Waals surface area contributed by atoms with E-state index >= 15 is 0 Å². The van der Waals surface area contributed by atoms with Crippen molar-refractivity contribution in [2.24, 2.45) is 0 Å². The molecule has 0 radical (unpaired) electrons. The molecule has 1 heterocycles. The van der Waals surface area contributed by atoms with E-state index in [0.29, 0.717) is 21.0 Å². The third-order valence-electron chi connectivity index (χ3n) is 4.96. The van der Waals surface area contributed by atoms with Gasteiger partial charge in [0.15, 0.2) is 11.0 Å². The first-order valence-corrected chi connectivity index (χ1v) is 12.7. The van der Waals surface area contributed by atoms with Gasteiger partial charge >= 0.3 is 0 Å². The molecule has 0 saturated heterocycles. The van der Waals surface area contributed by atoms with Crippen LogP contribution in [0.5, 0.6) is 5.75 Å². The number of amides is 1. The number of aromatic hydroxyl groups is 1. The van der Waals surface area contributed by atoms with Crippen LogP contribution in [0.1, 0.15) is 11.1 Å². The molecular formula is C24H19Br2FN4O2S. The maximum Gasteiger partial charge on any atom is 0.234 e. The van der Waals surface area contributed by atoms with E-state index in [2.05, 4.69) is 47.4 Å². The van der Waals surface area contributed by atoms with Crippen LogP contribution in [0.3, 0.4) is 0 Å². The Morgan fingerprint density at radius 1 is 1.06 bits per heavy atom. The van der Waals surface area contributed by atoms with E-state index in [1.807, 2.05) is 36.6 Å². The number of aryl methyl sites for hydroxylation is 2. The summed E-state index contributed by atoms with van der Waals surface area (Å²) >= 11 is 7.81. The van der Waals surface area contributed by atoms with E-state index in [1.54, 1.807) is 24.3 Å². The molecule has 4 aromatic rings. The smallest absolute Gasteiger partial charge is 0.234 e. The standard InChI is InChI=1S/C24H19Br2FN4O2S/c1-13-3-7-20(14(2)9-13)31-23(17-10-15(25)5-8-21(17)32)29-30-24(31)34-12-22(33)28-19-6-4-16(26)11-18(19)27/h3-11,32H,12H2,1-2H3,(H,28,33). The largest absolute Gasteiger partial charge is 0.507 e. The van der Waals surface area contributed by atoms with Crippen molar-refractivity contribution < 1.29 is 14.3 Å². The normalized spacial score (nSPS) is 11.0. The van der Waals surface area contributed by atoms with Gasteiger partial charge < -0.3 is 10.4 Å². The Bertz CT molecular complexity index is 1390. The molecule has 34 heavy (non-hydrogen) atoms. The number of nitrogens with zero attached hydrogens (tertiary/aromatic N) is 3. The molecular weight excluding hydrogens is 587 g/mol. The predicted octanol–water partition coefficient (Wildman–Crippen LogP) is 6.65. The van der Waals surface area contributed by atoms with Crippen molar-refractivity contribution >= 4 is 55.2 Å². The topological polar surface area (TPSA) is 80.0 Å². The summed E-state index contributed by atoms with van der Waals surface area (Å²) in [5, 5.41) is 22.2. The average Bonchev–Trinajstić information content (AvgIpc) is 3.19. The van der Waals surface area contributed by atoms with Gasteiger partial charge in [-0.2, -0.15) is 0 Å². The Morgan fingerprint density at radius 3 is 2.53 bits per heavy atom. The molecule has 0 aliphatic rings. The van der Waals surface area contributed by atoms with Crippen LogP contribution in [0.2, 0.25) is 0 Å². The zero-order chi connectivity index (χ0) is 24.4. The minimum atomic E-state index is -0.529. The van der Waals surface area contributed by atoms with E-state index in [-0.39, 0.29) is 23.1 Å². The summed E-state index contributed by atoms with van der Waals surface area (Å²) in [6.45, 7) is 3.98. The van der Waals surface area contributed by atoms with Gasteiger partial charge in [-0.1, -0.05) is 61.3 Å². The quantitative estimate of drug-likeness (QED) is 0.241. The lowest BCUT2D eigenvalue weighted by Crippen LogP contribution is -2.15. The lowest BCUT2D eigenvalue weighted by atomic mass is 10.1. The van der Waals surface area contributed by atoms with Crippen LogP contribution in [0, 0.1) is 19.7 Å². The fourth-order valence-corrected chi connectivity index (χ4v) is 4.84. The minimum absolute atomic E-state index is 0.0109. The molecule has 2 N–H and O–H groups in total. The molecule has 10 heteroatoms. The number of carbonyl (C=O) groups is 1. The van der Waals surface area contributed by atoms with Crippen molar-refractivity contribution in [2.45, 2.75) is 19.0 Å². The Kier molecular flexibility index (Phi) is 7.39. The van der Waals surface area contributed by atoms with E-state index in [9.17, 15) is 14.3 Å². The highest BCUT2D eigenvalue weighted by atomic mass is 79.9. The first-order chi connectivity index (χ1) is 16.2. The predicted molar refractivity (Wildman–Crippen MR) is 139 cm³/mol. The van der Waals surface area contributed by atoms with E-state index < -0.39 is 5.82 Å². The minimum Gasteiger partial charge on any atom is -0.507 e. The van der Waals surface area contributed by atoms with Gasteiger partial charge in [-0.3, -0.25) is 9.36 Å². The van der Waals surface area contributed by atoms with Crippen molar-refractivity contribution in [3.63, 3.8) is 0 Å². The van der Waals surface area contributed by atoms with Gasteiger partial charge in [0.1, 0.15) is 11.6 Å². The number of phenolic OH excluding ortho intramolecular Hbond substituents is 1. The molecule has 0 unspecified atom stereocenters. The number of hydrogen-bond donors (Lipinski definition) is 2. The lowest BCUT2D eigenvalue weighted by Gasteiger charge is -2.14. The number of rotatable bonds is 6. The fourth-order valence-electron chi connectivity index (χ4n) is 3.41. The number of benzene rings is 3. The second-order valence-electron chi connectivity index (χ2n) is 7.55. The molecule has 6 nitrogen and oxygen atoms in total. The molecule has 0 aliphatic heterocycles. The van der Waals surface area contributed by atoms with Gasteiger partial charge in [0.2, 0.25) is 5.91 Å². The highest BCUT2D eigenvalue weighted by molar-refractivity contribution is 9.10. The summed E-state index contributed by atoms with van der Waals surface area (Å²) < 4.78 is 17.3. The van der Waals surface area contributed by atoms with Gasteiger partial charge in [0.05, 0.1) is 22.7 Å².